The molecule has 4 aromatic carbocycles. The van der Waals surface area contributed by atoms with Crippen molar-refractivity contribution in [1.82, 2.24) is 0 Å². The van der Waals surface area contributed by atoms with Gasteiger partial charge in [0.25, 0.3) is 0 Å². The van der Waals surface area contributed by atoms with Gasteiger partial charge in [-0.05, 0) is 78.6 Å². The molecule has 1 fully saturated rings. The molecule has 1 spiro atoms. The Kier molecular flexibility index (Phi) is 5.92. The molecule has 182 valence electrons. The molecule has 1 heterocycles. The molecule has 0 bridgehead atoms. The quantitative estimate of drug-likeness (QED) is 0.269. The van der Waals surface area contributed by atoms with E-state index in [0.29, 0.717) is 13.2 Å². The summed E-state index contributed by atoms with van der Waals surface area (Å²) in [5.41, 5.74) is 8.10. The third kappa shape index (κ3) is 4.13. The Balaban J connectivity index is 1.35. The van der Waals surface area contributed by atoms with Gasteiger partial charge in [0.05, 0.1) is 0 Å². The number of rotatable bonds is 7. The first kappa shape index (κ1) is 22.7. The first-order chi connectivity index (χ1) is 17.6. The smallest absolute Gasteiger partial charge is 0.135 e. The first-order valence-corrected chi connectivity index (χ1v) is 13.0. The van der Waals surface area contributed by atoms with Gasteiger partial charge < -0.3 is 14.2 Å². The van der Waals surface area contributed by atoms with Crippen LogP contribution in [-0.4, -0.2) is 0 Å². The van der Waals surface area contributed by atoms with E-state index in [9.17, 15) is 0 Å². The van der Waals surface area contributed by atoms with E-state index in [1.807, 2.05) is 24.3 Å². The predicted octanol–water partition coefficient (Wildman–Crippen LogP) is 8.15. The summed E-state index contributed by atoms with van der Waals surface area (Å²) in [5.74, 6) is 2.78. The van der Waals surface area contributed by atoms with Crippen LogP contribution in [0.3, 0.4) is 0 Å². The number of hydrogen-bond donors (Lipinski definition) is 0. The molecule has 6 rings (SSSR count). The zero-order valence-corrected chi connectivity index (χ0v) is 21.1. The minimum absolute atomic E-state index is 0.272. The standard InChI is InChI=1S/C33H32O3/c1-3-26-18-28-27-17-23(2)30(34-21-24-11-6-4-7-12-24)19-29(27)33(15-10-16-33)36-32(28)20-31(26)35-22-25-13-8-5-9-14-25/h4-9,11-14,17-20H,3,10,15-16,21-22H2,1-2H3. The third-order valence-electron chi connectivity index (χ3n) is 7.58. The molecule has 2 aliphatic rings. The fourth-order valence-corrected chi connectivity index (χ4v) is 5.36. The fraction of sp³-hybridized carbons (Fsp3) is 0.273. The number of hydrogen-bond acceptors (Lipinski definition) is 3. The highest BCUT2D eigenvalue weighted by Crippen LogP contribution is 2.56. The molecule has 0 N–H and O–H groups in total. The SMILES string of the molecule is CCc1cc2c(cc1OCc1ccccc1)OC1(CCC1)c1cc(OCc3ccccc3)c(C)cc1-2. The van der Waals surface area contributed by atoms with Crippen LogP contribution in [0, 0.1) is 6.92 Å². The van der Waals surface area contributed by atoms with Crippen LogP contribution in [0.15, 0.2) is 84.9 Å². The molecule has 0 aromatic heterocycles. The molecule has 3 nitrogen and oxygen atoms in total. The largest absolute Gasteiger partial charge is 0.489 e. The Morgan fingerprint density at radius 2 is 1.39 bits per heavy atom. The molecule has 4 aromatic rings. The summed E-state index contributed by atoms with van der Waals surface area (Å²) in [5, 5.41) is 0. The van der Waals surface area contributed by atoms with Crippen LogP contribution in [0.2, 0.25) is 0 Å². The lowest BCUT2D eigenvalue weighted by Crippen LogP contribution is -2.42. The average Bonchev–Trinajstić information content (AvgIpc) is 2.90. The number of aryl methyl sites for hydroxylation is 2. The zero-order chi connectivity index (χ0) is 24.5. The van der Waals surface area contributed by atoms with E-state index in [1.54, 1.807) is 0 Å². The van der Waals surface area contributed by atoms with Crippen molar-refractivity contribution in [3.8, 4) is 28.4 Å². The highest BCUT2D eigenvalue weighted by Gasteiger charge is 2.46. The zero-order valence-electron chi connectivity index (χ0n) is 21.1. The summed E-state index contributed by atoms with van der Waals surface area (Å²) in [6, 6.07) is 29.6. The van der Waals surface area contributed by atoms with E-state index < -0.39 is 0 Å². The molecule has 0 saturated heterocycles. The van der Waals surface area contributed by atoms with Gasteiger partial charge in [0.1, 0.15) is 36.1 Å². The fourth-order valence-electron chi connectivity index (χ4n) is 5.36. The van der Waals surface area contributed by atoms with Gasteiger partial charge in [-0.2, -0.15) is 0 Å². The molecule has 0 atom stereocenters. The monoisotopic (exact) mass is 476 g/mol. The van der Waals surface area contributed by atoms with Gasteiger partial charge in [0.2, 0.25) is 0 Å². The number of fused-ring (bicyclic) bond motifs is 4. The van der Waals surface area contributed by atoms with E-state index in [4.69, 9.17) is 14.2 Å². The molecular formula is C33H32O3. The number of ether oxygens (including phenoxy) is 3. The molecule has 0 unspecified atom stereocenters. The minimum atomic E-state index is -0.272. The van der Waals surface area contributed by atoms with Crippen molar-refractivity contribution in [2.75, 3.05) is 0 Å². The van der Waals surface area contributed by atoms with Gasteiger partial charge in [-0.1, -0.05) is 67.6 Å². The maximum atomic E-state index is 6.80. The topological polar surface area (TPSA) is 27.7 Å². The van der Waals surface area contributed by atoms with Crippen molar-refractivity contribution in [2.45, 2.75) is 58.3 Å². The van der Waals surface area contributed by atoms with Gasteiger partial charge in [0, 0.05) is 17.2 Å². The van der Waals surface area contributed by atoms with Gasteiger partial charge in [-0.25, -0.2) is 0 Å². The highest BCUT2D eigenvalue weighted by atomic mass is 16.5. The van der Waals surface area contributed by atoms with Crippen molar-refractivity contribution >= 4 is 0 Å². The van der Waals surface area contributed by atoms with Gasteiger partial charge >= 0.3 is 0 Å². The third-order valence-corrected chi connectivity index (χ3v) is 7.58. The molecule has 1 saturated carbocycles. The molecule has 1 aliphatic carbocycles. The summed E-state index contributed by atoms with van der Waals surface area (Å²) in [4.78, 5) is 0. The highest BCUT2D eigenvalue weighted by molar-refractivity contribution is 5.80. The second kappa shape index (κ2) is 9.39. The predicted molar refractivity (Wildman–Crippen MR) is 144 cm³/mol. The van der Waals surface area contributed by atoms with Gasteiger partial charge in [-0.15, -0.1) is 0 Å². The average molecular weight is 477 g/mol. The lowest BCUT2D eigenvalue weighted by molar-refractivity contribution is -0.0148. The molecule has 3 heteroatoms. The summed E-state index contributed by atoms with van der Waals surface area (Å²) >= 11 is 0. The van der Waals surface area contributed by atoms with Crippen LogP contribution >= 0.6 is 0 Å². The molecule has 36 heavy (non-hydrogen) atoms. The van der Waals surface area contributed by atoms with Crippen molar-refractivity contribution in [1.29, 1.82) is 0 Å². The Bertz CT molecular complexity index is 1370. The van der Waals surface area contributed by atoms with Crippen LogP contribution < -0.4 is 14.2 Å². The summed E-state index contributed by atoms with van der Waals surface area (Å²) in [6.45, 7) is 5.44. The lowest BCUT2D eigenvalue weighted by atomic mass is 9.70. The van der Waals surface area contributed by atoms with Gasteiger partial charge in [0.15, 0.2) is 0 Å². The molecule has 0 amide bonds. The molecular weight excluding hydrogens is 444 g/mol. The normalized spacial score (nSPS) is 14.8. The Labute approximate surface area is 213 Å². The van der Waals surface area contributed by atoms with Crippen LogP contribution in [0.1, 0.15) is 54.0 Å². The second-order valence-corrected chi connectivity index (χ2v) is 9.97. The van der Waals surface area contributed by atoms with Crippen LogP contribution in [-0.2, 0) is 25.2 Å². The van der Waals surface area contributed by atoms with E-state index >= 15 is 0 Å². The maximum Gasteiger partial charge on any atom is 0.135 e. The molecule has 0 radical (unpaired) electrons. The van der Waals surface area contributed by atoms with Crippen LogP contribution in [0.5, 0.6) is 17.2 Å². The Morgan fingerprint density at radius 1 is 0.750 bits per heavy atom. The van der Waals surface area contributed by atoms with E-state index in [1.165, 1.54) is 28.7 Å². The van der Waals surface area contributed by atoms with Crippen LogP contribution in [0.4, 0.5) is 0 Å². The minimum Gasteiger partial charge on any atom is -0.489 e. The van der Waals surface area contributed by atoms with Crippen LogP contribution in [0.25, 0.3) is 11.1 Å². The van der Waals surface area contributed by atoms with E-state index in [0.717, 1.165) is 53.2 Å². The van der Waals surface area contributed by atoms with Gasteiger partial charge in [-0.3, -0.25) is 0 Å². The van der Waals surface area contributed by atoms with E-state index in [-0.39, 0.29) is 5.60 Å². The molecule has 1 aliphatic heterocycles. The van der Waals surface area contributed by atoms with Crippen molar-refractivity contribution in [2.24, 2.45) is 0 Å². The number of benzene rings is 4. The lowest BCUT2D eigenvalue weighted by Gasteiger charge is -2.47. The first-order valence-electron chi connectivity index (χ1n) is 13.0. The Morgan fingerprint density at radius 3 is 1.97 bits per heavy atom. The summed E-state index contributed by atoms with van der Waals surface area (Å²) in [7, 11) is 0. The van der Waals surface area contributed by atoms with Crippen molar-refractivity contribution in [3.05, 3.63) is 113 Å². The van der Waals surface area contributed by atoms with Crippen molar-refractivity contribution in [3.63, 3.8) is 0 Å². The summed E-state index contributed by atoms with van der Waals surface area (Å²) in [6.07, 6.45) is 4.12. The maximum absolute atomic E-state index is 6.80. The second-order valence-electron chi connectivity index (χ2n) is 9.97. The van der Waals surface area contributed by atoms with Crippen molar-refractivity contribution < 1.29 is 14.2 Å². The summed E-state index contributed by atoms with van der Waals surface area (Å²) < 4.78 is 19.4. The van der Waals surface area contributed by atoms with E-state index in [2.05, 4.69) is 74.5 Å². The Hall–Kier alpha value is -3.72.